The van der Waals surface area contributed by atoms with Gasteiger partial charge in [-0.1, -0.05) is 0 Å². The molecule has 1 aromatic carbocycles. The van der Waals surface area contributed by atoms with E-state index in [0.717, 1.165) is 46.3 Å². The average Bonchev–Trinajstić information content (AvgIpc) is 3.32. The molecule has 3 aromatic heterocycles. The molecule has 1 N–H and O–H groups in total. The van der Waals surface area contributed by atoms with Gasteiger partial charge in [-0.05, 0) is 55.7 Å². The Hall–Kier alpha value is -3.02. The molecule has 1 atom stereocenters. The average molecular weight is 333 g/mol. The second kappa shape index (κ2) is 5.24. The van der Waals surface area contributed by atoms with E-state index >= 15 is 0 Å². The normalized spacial score (nSPS) is 16.5. The Kier molecular flexibility index (Phi) is 3.00. The predicted molar refractivity (Wildman–Crippen MR) is 93.5 cm³/mol. The van der Waals surface area contributed by atoms with Crippen molar-refractivity contribution in [1.82, 2.24) is 25.0 Å². The molecule has 0 fully saturated rings. The molecule has 0 saturated carbocycles. The molecule has 5 nitrogen and oxygen atoms in total. The van der Waals surface area contributed by atoms with Crippen molar-refractivity contribution in [2.24, 2.45) is 0 Å². The minimum Gasteiger partial charge on any atom is -0.266 e. The number of aromatic amines is 1. The highest BCUT2D eigenvalue weighted by atomic mass is 19.1. The number of hydrogen-bond acceptors (Lipinski definition) is 3. The fourth-order valence-electron chi connectivity index (χ4n) is 3.70. The molecule has 0 spiro atoms. The van der Waals surface area contributed by atoms with Crippen molar-refractivity contribution in [2.75, 3.05) is 0 Å². The van der Waals surface area contributed by atoms with E-state index in [2.05, 4.69) is 26.8 Å². The van der Waals surface area contributed by atoms with E-state index in [-0.39, 0.29) is 5.82 Å². The largest absolute Gasteiger partial charge is 0.266 e. The minimum atomic E-state index is -0.244. The van der Waals surface area contributed by atoms with Gasteiger partial charge in [-0.25, -0.2) is 9.37 Å². The summed E-state index contributed by atoms with van der Waals surface area (Å²) in [5, 5.41) is 12.9. The maximum absolute atomic E-state index is 13.4. The molecule has 6 heteroatoms. The third-order valence-electron chi connectivity index (χ3n) is 4.97. The van der Waals surface area contributed by atoms with Crippen LogP contribution >= 0.6 is 0 Å². The second-order valence-corrected chi connectivity index (χ2v) is 6.50. The van der Waals surface area contributed by atoms with E-state index < -0.39 is 0 Å². The molecule has 25 heavy (non-hydrogen) atoms. The summed E-state index contributed by atoms with van der Waals surface area (Å²) in [4.78, 5) is 4.34. The molecule has 0 saturated heterocycles. The van der Waals surface area contributed by atoms with E-state index in [1.165, 1.54) is 17.8 Å². The van der Waals surface area contributed by atoms with Crippen LogP contribution < -0.4 is 0 Å². The van der Waals surface area contributed by atoms with Crippen LogP contribution in [-0.4, -0.2) is 25.0 Å². The zero-order valence-corrected chi connectivity index (χ0v) is 13.7. The Balaban J connectivity index is 1.82. The molecule has 0 bridgehead atoms. The molecule has 0 unspecified atom stereocenters. The van der Waals surface area contributed by atoms with Gasteiger partial charge in [0, 0.05) is 34.4 Å². The van der Waals surface area contributed by atoms with E-state index in [9.17, 15) is 4.39 Å². The number of rotatable bonds is 2. The van der Waals surface area contributed by atoms with Crippen LogP contribution in [-0.2, 0) is 6.42 Å². The first-order valence-electron chi connectivity index (χ1n) is 8.38. The van der Waals surface area contributed by atoms with Crippen molar-refractivity contribution < 1.29 is 4.39 Å². The van der Waals surface area contributed by atoms with Gasteiger partial charge in [0.05, 0.1) is 6.20 Å². The molecule has 0 amide bonds. The van der Waals surface area contributed by atoms with Crippen molar-refractivity contribution in [1.29, 1.82) is 0 Å². The molecule has 1 aliphatic rings. The van der Waals surface area contributed by atoms with Crippen LogP contribution in [0, 0.1) is 5.82 Å². The third-order valence-corrected chi connectivity index (χ3v) is 4.97. The highest BCUT2D eigenvalue weighted by Gasteiger charge is 2.28. The standard InChI is InChI=1S/C19H16FN5/c1-11-2-7-16-17(14-8-9-21-19-15(14)10-22-23-19)18(24-25(11)16)12-3-5-13(20)6-4-12/h3-6,8-11H,2,7H2,1H3,(H,21,22,23)/t11-/m1/s1. The topological polar surface area (TPSA) is 59.4 Å². The monoisotopic (exact) mass is 333 g/mol. The Morgan fingerprint density at radius 2 is 2.04 bits per heavy atom. The van der Waals surface area contributed by atoms with Crippen molar-refractivity contribution >= 4 is 11.0 Å². The molecule has 124 valence electrons. The summed E-state index contributed by atoms with van der Waals surface area (Å²) in [6.45, 7) is 2.18. The van der Waals surface area contributed by atoms with Crippen LogP contribution in [0.4, 0.5) is 4.39 Å². The van der Waals surface area contributed by atoms with Crippen molar-refractivity contribution in [3.05, 3.63) is 54.2 Å². The Morgan fingerprint density at radius 3 is 2.88 bits per heavy atom. The first kappa shape index (κ1) is 14.3. The highest BCUT2D eigenvalue weighted by Crippen LogP contribution is 2.42. The lowest BCUT2D eigenvalue weighted by Crippen LogP contribution is -2.00. The Morgan fingerprint density at radius 1 is 1.20 bits per heavy atom. The number of fused-ring (bicyclic) bond motifs is 2. The lowest BCUT2D eigenvalue weighted by Gasteiger charge is -2.07. The van der Waals surface area contributed by atoms with Gasteiger partial charge in [0.15, 0.2) is 5.65 Å². The van der Waals surface area contributed by atoms with Gasteiger partial charge in [-0.3, -0.25) is 9.78 Å². The first-order valence-corrected chi connectivity index (χ1v) is 8.38. The van der Waals surface area contributed by atoms with Gasteiger partial charge in [0.25, 0.3) is 0 Å². The molecular weight excluding hydrogens is 317 g/mol. The Labute approximate surface area is 143 Å². The van der Waals surface area contributed by atoms with E-state index in [0.29, 0.717) is 6.04 Å². The number of pyridine rings is 1. The van der Waals surface area contributed by atoms with Gasteiger partial charge in [0.1, 0.15) is 11.5 Å². The number of nitrogens with one attached hydrogen (secondary N) is 1. The summed E-state index contributed by atoms with van der Waals surface area (Å²) in [5.41, 5.74) is 5.95. The lowest BCUT2D eigenvalue weighted by atomic mass is 9.96. The second-order valence-electron chi connectivity index (χ2n) is 6.50. The minimum absolute atomic E-state index is 0.244. The fraction of sp³-hybridized carbons (Fsp3) is 0.211. The van der Waals surface area contributed by atoms with Crippen LogP contribution in [0.1, 0.15) is 25.1 Å². The Bertz CT molecular complexity index is 1080. The number of aromatic nitrogens is 5. The molecule has 0 radical (unpaired) electrons. The predicted octanol–water partition coefficient (Wildman–Crippen LogP) is 4.13. The SMILES string of the molecule is C[C@@H]1CCc2c(-c3ccnc4[nH]ncc34)c(-c3ccc(F)cc3)nn21. The van der Waals surface area contributed by atoms with Gasteiger partial charge >= 0.3 is 0 Å². The summed E-state index contributed by atoms with van der Waals surface area (Å²) in [6, 6.07) is 8.90. The van der Waals surface area contributed by atoms with E-state index in [1.54, 1.807) is 24.5 Å². The molecule has 4 heterocycles. The smallest absolute Gasteiger partial charge is 0.155 e. The summed E-state index contributed by atoms with van der Waals surface area (Å²) in [6.07, 6.45) is 5.65. The van der Waals surface area contributed by atoms with Crippen LogP contribution in [0.2, 0.25) is 0 Å². The lowest BCUT2D eigenvalue weighted by molar-refractivity contribution is 0.523. The third kappa shape index (κ3) is 2.10. The van der Waals surface area contributed by atoms with Crippen LogP contribution in [0.5, 0.6) is 0 Å². The number of benzene rings is 1. The van der Waals surface area contributed by atoms with Gasteiger partial charge in [-0.2, -0.15) is 10.2 Å². The van der Waals surface area contributed by atoms with Gasteiger partial charge in [0.2, 0.25) is 0 Å². The van der Waals surface area contributed by atoms with Crippen LogP contribution in [0.25, 0.3) is 33.4 Å². The molecular formula is C19H16FN5. The summed E-state index contributed by atoms with van der Waals surface area (Å²) in [7, 11) is 0. The quantitative estimate of drug-likeness (QED) is 0.600. The van der Waals surface area contributed by atoms with Gasteiger partial charge < -0.3 is 0 Å². The van der Waals surface area contributed by atoms with Crippen LogP contribution in [0.15, 0.2) is 42.7 Å². The molecule has 1 aliphatic heterocycles. The van der Waals surface area contributed by atoms with Crippen molar-refractivity contribution in [3.8, 4) is 22.4 Å². The summed E-state index contributed by atoms with van der Waals surface area (Å²) < 4.78 is 15.5. The van der Waals surface area contributed by atoms with Crippen LogP contribution in [0.3, 0.4) is 0 Å². The van der Waals surface area contributed by atoms with Crippen molar-refractivity contribution in [2.45, 2.75) is 25.8 Å². The number of halogens is 1. The van der Waals surface area contributed by atoms with E-state index in [4.69, 9.17) is 5.10 Å². The highest BCUT2D eigenvalue weighted by molar-refractivity contribution is 5.97. The maximum atomic E-state index is 13.4. The maximum Gasteiger partial charge on any atom is 0.155 e. The zero-order chi connectivity index (χ0) is 17.0. The molecule has 4 aromatic rings. The summed E-state index contributed by atoms with van der Waals surface area (Å²) >= 11 is 0. The van der Waals surface area contributed by atoms with Crippen molar-refractivity contribution in [3.63, 3.8) is 0 Å². The van der Waals surface area contributed by atoms with E-state index in [1.807, 2.05) is 6.07 Å². The summed E-state index contributed by atoms with van der Waals surface area (Å²) in [5.74, 6) is -0.244. The van der Waals surface area contributed by atoms with Gasteiger partial charge in [-0.15, -0.1) is 0 Å². The number of H-pyrrole nitrogens is 1. The first-order chi connectivity index (χ1) is 12.2. The number of hydrogen-bond donors (Lipinski definition) is 1. The molecule has 0 aliphatic carbocycles. The number of nitrogens with zero attached hydrogens (tertiary/aromatic N) is 4. The molecule has 5 rings (SSSR count). The fourth-order valence-corrected chi connectivity index (χ4v) is 3.70. The zero-order valence-electron chi connectivity index (χ0n) is 13.7.